The van der Waals surface area contributed by atoms with Gasteiger partial charge in [-0.1, -0.05) is 24.3 Å². The number of pyridine rings is 1. The van der Waals surface area contributed by atoms with Gasteiger partial charge < -0.3 is 5.32 Å². The topological polar surface area (TPSA) is 65.8 Å². The minimum absolute atomic E-state index is 0.113. The lowest BCUT2D eigenvalue weighted by molar-refractivity contribution is -0.113. The molecule has 0 spiro atoms. The van der Waals surface area contributed by atoms with Crippen LogP contribution in [-0.2, 0) is 4.79 Å². The maximum Gasteiger partial charge on any atom is 0.234 e. The molecule has 5 heteroatoms. The maximum atomic E-state index is 12.1. The Hall–Kier alpha value is -2.84. The molecule has 1 aromatic heterocycles. The van der Waals surface area contributed by atoms with E-state index in [9.17, 15) is 4.79 Å². The number of nitrogens with one attached hydrogen (secondary N) is 1. The van der Waals surface area contributed by atoms with Crippen LogP contribution in [0, 0.1) is 11.3 Å². The Bertz CT molecular complexity index is 897. The normalized spacial score (nSPS) is 10.2. The van der Waals surface area contributed by atoms with Gasteiger partial charge in [-0.15, -0.1) is 11.8 Å². The van der Waals surface area contributed by atoms with Crippen LogP contribution in [0.3, 0.4) is 0 Å². The highest BCUT2D eigenvalue weighted by molar-refractivity contribution is 8.00. The van der Waals surface area contributed by atoms with Gasteiger partial charge in [-0.05, 0) is 30.3 Å². The molecule has 1 heterocycles. The van der Waals surface area contributed by atoms with E-state index in [-0.39, 0.29) is 11.7 Å². The van der Waals surface area contributed by atoms with Crippen molar-refractivity contribution in [2.45, 2.75) is 4.90 Å². The number of nitriles is 1. The zero-order chi connectivity index (χ0) is 16.1. The van der Waals surface area contributed by atoms with Crippen LogP contribution in [0.5, 0.6) is 0 Å². The van der Waals surface area contributed by atoms with E-state index >= 15 is 0 Å². The van der Waals surface area contributed by atoms with Crippen molar-refractivity contribution in [2.75, 3.05) is 11.1 Å². The molecule has 0 fully saturated rings. The summed E-state index contributed by atoms with van der Waals surface area (Å²) in [5, 5.41) is 12.7. The highest BCUT2D eigenvalue weighted by Crippen LogP contribution is 2.26. The molecule has 0 aliphatic heterocycles. The summed E-state index contributed by atoms with van der Waals surface area (Å²) < 4.78 is 0. The number of fused-ring (bicyclic) bond motifs is 1. The average molecular weight is 319 g/mol. The second kappa shape index (κ2) is 6.95. The van der Waals surface area contributed by atoms with Crippen molar-refractivity contribution in [1.82, 2.24) is 4.98 Å². The van der Waals surface area contributed by atoms with E-state index in [0.29, 0.717) is 11.3 Å². The smallest absolute Gasteiger partial charge is 0.234 e. The van der Waals surface area contributed by atoms with E-state index in [2.05, 4.69) is 16.4 Å². The molecular formula is C18H13N3OS. The van der Waals surface area contributed by atoms with Crippen LogP contribution in [0.15, 0.2) is 65.7 Å². The molecule has 0 unspecified atom stereocenters. The molecule has 1 amide bonds. The van der Waals surface area contributed by atoms with Gasteiger partial charge in [-0.3, -0.25) is 9.78 Å². The third-order valence-electron chi connectivity index (χ3n) is 3.23. The molecule has 2 aromatic carbocycles. The monoisotopic (exact) mass is 319 g/mol. The van der Waals surface area contributed by atoms with Crippen LogP contribution < -0.4 is 5.32 Å². The van der Waals surface area contributed by atoms with Gasteiger partial charge in [0, 0.05) is 22.2 Å². The number of nitrogens with zero attached hydrogens (tertiary/aromatic N) is 2. The Labute approximate surface area is 138 Å². The van der Waals surface area contributed by atoms with Crippen LogP contribution in [0.2, 0.25) is 0 Å². The number of anilines is 1. The Morgan fingerprint density at radius 1 is 1.17 bits per heavy atom. The quantitative estimate of drug-likeness (QED) is 0.742. The minimum Gasteiger partial charge on any atom is -0.325 e. The molecule has 112 valence electrons. The first-order valence-corrected chi connectivity index (χ1v) is 8.01. The van der Waals surface area contributed by atoms with Crippen molar-refractivity contribution in [3.8, 4) is 6.07 Å². The Morgan fingerprint density at radius 3 is 2.87 bits per heavy atom. The largest absolute Gasteiger partial charge is 0.325 e. The number of thioether (sulfide) groups is 1. The van der Waals surface area contributed by atoms with E-state index < -0.39 is 0 Å². The van der Waals surface area contributed by atoms with Crippen molar-refractivity contribution >= 4 is 34.3 Å². The van der Waals surface area contributed by atoms with Crippen LogP contribution in [0.1, 0.15) is 5.56 Å². The Morgan fingerprint density at radius 2 is 2.00 bits per heavy atom. The van der Waals surface area contributed by atoms with Crippen molar-refractivity contribution in [3.63, 3.8) is 0 Å². The molecule has 3 aromatic rings. The molecule has 0 aliphatic carbocycles. The van der Waals surface area contributed by atoms with Gasteiger partial charge in [-0.2, -0.15) is 5.26 Å². The van der Waals surface area contributed by atoms with Crippen LogP contribution in [0.25, 0.3) is 10.9 Å². The molecule has 4 nitrogen and oxygen atoms in total. The summed E-state index contributed by atoms with van der Waals surface area (Å²) in [6, 6.07) is 18.7. The fraction of sp³-hybridized carbons (Fsp3) is 0.0556. The summed E-state index contributed by atoms with van der Waals surface area (Å²) in [6.45, 7) is 0. The summed E-state index contributed by atoms with van der Waals surface area (Å²) >= 11 is 1.45. The highest BCUT2D eigenvalue weighted by Gasteiger charge is 2.07. The van der Waals surface area contributed by atoms with Gasteiger partial charge in [0.1, 0.15) is 0 Å². The predicted molar refractivity (Wildman–Crippen MR) is 92.3 cm³/mol. The number of rotatable bonds is 4. The van der Waals surface area contributed by atoms with Crippen molar-refractivity contribution in [3.05, 3.63) is 66.4 Å². The van der Waals surface area contributed by atoms with Gasteiger partial charge in [-0.25, -0.2) is 0 Å². The molecule has 0 saturated carbocycles. The summed E-state index contributed by atoms with van der Waals surface area (Å²) in [6.07, 6.45) is 1.75. The first-order chi connectivity index (χ1) is 11.3. The third-order valence-corrected chi connectivity index (χ3v) is 4.28. The zero-order valence-electron chi connectivity index (χ0n) is 12.2. The molecule has 3 rings (SSSR count). The van der Waals surface area contributed by atoms with Crippen molar-refractivity contribution < 1.29 is 4.79 Å². The standard InChI is InChI=1S/C18H13N3OS/c19-11-13-4-1-7-15(10-13)21-17(22)12-23-16-8-2-5-14-6-3-9-20-18(14)16/h1-10H,12H2,(H,21,22). The number of carbonyl (C=O) groups excluding carboxylic acids is 1. The number of carbonyl (C=O) groups is 1. The van der Waals surface area contributed by atoms with Gasteiger partial charge in [0.25, 0.3) is 0 Å². The highest BCUT2D eigenvalue weighted by atomic mass is 32.2. The SMILES string of the molecule is N#Cc1cccc(NC(=O)CSc2cccc3cccnc23)c1. The number of benzene rings is 2. The molecule has 0 atom stereocenters. The number of amides is 1. The second-order valence-corrected chi connectivity index (χ2v) is 5.88. The van der Waals surface area contributed by atoms with E-state index in [0.717, 1.165) is 15.8 Å². The minimum atomic E-state index is -0.113. The van der Waals surface area contributed by atoms with Crippen molar-refractivity contribution in [2.24, 2.45) is 0 Å². The van der Waals surface area contributed by atoms with Crippen LogP contribution >= 0.6 is 11.8 Å². The van der Waals surface area contributed by atoms with Gasteiger partial charge >= 0.3 is 0 Å². The number of hydrogen-bond acceptors (Lipinski definition) is 4. The summed E-state index contributed by atoms with van der Waals surface area (Å²) in [5.41, 5.74) is 2.05. The van der Waals surface area contributed by atoms with Gasteiger partial charge in [0.2, 0.25) is 5.91 Å². The third kappa shape index (κ3) is 3.68. The fourth-order valence-corrected chi connectivity index (χ4v) is 3.04. The lowest BCUT2D eigenvalue weighted by Crippen LogP contribution is -2.14. The Kier molecular flexibility index (Phi) is 4.55. The fourth-order valence-electron chi connectivity index (χ4n) is 2.20. The van der Waals surface area contributed by atoms with E-state index in [1.165, 1.54) is 11.8 Å². The first-order valence-electron chi connectivity index (χ1n) is 7.03. The lowest BCUT2D eigenvalue weighted by Gasteiger charge is -2.07. The summed E-state index contributed by atoms with van der Waals surface area (Å²) in [4.78, 5) is 17.4. The molecule has 23 heavy (non-hydrogen) atoms. The molecular weight excluding hydrogens is 306 g/mol. The van der Waals surface area contributed by atoms with E-state index in [1.54, 1.807) is 30.5 Å². The number of hydrogen-bond donors (Lipinski definition) is 1. The first kappa shape index (κ1) is 15.1. The lowest BCUT2D eigenvalue weighted by atomic mass is 10.2. The Balaban J connectivity index is 1.68. The predicted octanol–water partition coefficient (Wildman–Crippen LogP) is 3.84. The average Bonchev–Trinajstić information content (AvgIpc) is 2.60. The summed E-state index contributed by atoms with van der Waals surface area (Å²) in [7, 11) is 0. The molecule has 0 aliphatic rings. The second-order valence-electron chi connectivity index (χ2n) is 4.86. The molecule has 0 radical (unpaired) electrons. The molecule has 0 bridgehead atoms. The molecule has 0 saturated heterocycles. The summed E-state index contributed by atoms with van der Waals surface area (Å²) in [5.74, 6) is 0.171. The maximum absolute atomic E-state index is 12.1. The zero-order valence-corrected chi connectivity index (χ0v) is 13.0. The van der Waals surface area contributed by atoms with Crippen molar-refractivity contribution in [1.29, 1.82) is 5.26 Å². The van der Waals surface area contributed by atoms with Crippen LogP contribution in [-0.4, -0.2) is 16.6 Å². The van der Waals surface area contributed by atoms with E-state index in [1.807, 2.05) is 30.3 Å². The number of para-hydroxylation sites is 1. The molecule has 1 N–H and O–H groups in total. The van der Waals surface area contributed by atoms with Gasteiger partial charge in [0.05, 0.1) is 22.9 Å². The van der Waals surface area contributed by atoms with Gasteiger partial charge in [0.15, 0.2) is 0 Å². The number of aromatic nitrogens is 1. The van der Waals surface area contributed by atoms with E-state index in [4.69, 9.17) is 5.26 Å². The van der Waals surface area contributed by atoms with Crippen LogP contribution in [0.4, 0.5) is 5.69 Å².